The number of furan rings is 1. The largest absolute Gasteiger partial charge is 0.441 e. The van der Waals surface area contributed by atoms with Crippen LogP contribution in [0.15, 0.2) is 16.5 Å². The number of aliphatic hydroxyl groups is 1. The summed E-state index contributed by atoms with van der Waals surface area (Å²) in [6.45, 7) is 0.692. The van der Waals surface area contributed by atoms with Crippen LogP contribution in [0.3, 0.4) is 0 Å². The first-order valence-electron chi connectivity index (χ1n) is 5.10. The minimum atomic E-state index is -0.315. The maximum absolute atomic E-state index is 9.51. The number of hydrogen-bond acceptors (Lipinski definition) is 4. The predicted molar refractivity (Wildman–Crippen MR) is 57.1 cm³/mol. The van der Waals surface area contributed by atoms with Gasteiger partial charge in [0.25, 0.3) is 0 Å². The molecular weight excluding hydrogens is 230 g/mol. The molecule has 0 radical (unpaired) electrons. The standard InChI is InChI=1S/C10H10ClN3O2/c11-8-2-1-7(16-8)10-12-9-5-6(15)3-4-14(9)13-10/h1-2,6,15H,3-5H2. The Bertz CT molecular complexity index is 520. The van der Waals surface area contributed by atoms with Crippen LogP contribution in [0, 0.1) is 0 Å². The van der Waals surface area contributed by atoms with Gasteiger partial charge < -0.3 is 9.52 Å². The lowest BCUT2D eigenvalue weighted by Crippen LogP contribution is -2.23. The fraction of sp³-hybridized carbons (Fsp3) is 0.400. The molecular formula is C10H10ClN3O2. The van der Waals surface area contributed by atoms with E-state index in [4.69, 9.17) is 16.0 Å². The van der Waals surface area contributed by atoms with Crippen LogP contribution in [0.25, 0.3) is 11.6 Å². The summed E-state index contributed by atoms with van der Waals surface area (Å²) in [4.78, 5) is 4.32. The maximum Gasteiger partial charge on any atom is 0.217 e. The molecule has 1 N–H and O–H groups in total. The van der Waals surface area contributed by atoms with Gasteiger partial charge in [0.2, 0.25) is 5.82 Å². The van der Waals surface area contributed by atoms with E-state index in [1.807, 2.05) is 0 Å². The number of nitrogens with zero attached hydrogens (tertiary/aromatic N) is 3. The van der Waals surface area contributed by atoms with Crippen LogP contribution < -0.4 is 0 Å². The van der Waals surface area contributed by atoms with Gasteiger partial charge in [-0.25, -0.2) is 9.67 Å². The molecule has 2 aromatic rings. The molecule has 3 heterocycles. The molecule has 0 aromatic carbocycles. The van der Waals surface area contributed by atoms with E-state index in [2.05, 4.69) is 10.1 Å². The van der Waals surface area contributed by atoms with Crippen molar-refractivity contribution in [2.45, 2.75) is 25.5 Å². The minimum absolute atomic E-state index is 0.315. The Labute approximate surface area is 96.7 Å². The molecule has 0 fully saturated rings. The number of hydrogen-bond donors (Lipinski definition) is 1. The number of rotatable bonds is 1. The molecule has 1 aliphatic heterocycles. The van der Waals surface area contributed by atoms with Gasteiger partial charge in [-0.15, -0.1) is 5.10 Å². The van der Waals surface area contributed by atoms with Gasteiger partial charge in [0.05, 0.1) is 6.10 Å². The van der Waals surface area contributed by atoms with E-state index < -0.39 is 0 Å². The highest BCUT2D eigenvalue weighted by molar-refractivity contribution is 6.28. The molecule has 2 aromatic heterocycles. The predicted octanol–water partition coefficient (Wildman–Crippen LogP) is 1.50. The molecule has 0 bridgehead atoms. The average Bonchev–Trinajstić information content (AvgIpc) is 2.83. The van der Waals surface area contributed by atoms with Crippen LogP contribution >= 0.6 is 11.6 Å². The number of halogens is 1. The van der Waals surface area contributed by atoms with Crippen LogP contribution in [-0.4, -0.2) is 26.0 Å². The van der Waals surface area contributed by atoms with Gasteiger partial charge in [-0.3, -0.25) is 0 Å². The summed E-state index contributed by atoms with van der Waals surface area (Å²) in [6.07, 6.45) is 0.945. The van der Waals surface area contributed by atoms with E-state index in [9.17, 15) is 5.11 Å². The number of aliphatic hydroxyl groups excluding tert-OH is 1. The van der Waals surface area contributed by atoms with Crippen molar-refractivity contribution in [2.24, 2.45) is 0 Å². The Morgan fingerprint density at radius 3 is 3.12 bits per heavy atom. The third-order valence-corrected chi connectivity index (χ3v) is 2.84. The number of aryl methyl sites for hydroxylation is 1. The van der Waals surface area contributed by atoms with Crippen molar-refractivity contribution in [1.29, 1.82) is 0 Å². The fourth-order valence-electron chi connectivity index (χ4n) is 1.83. The number of fused-ring (bicyclic) bond motifs is 1. The van der Waals surface area contributed by atoms with Gasteiger partial charge in [-0.05, 0) is 30.2 Å². The summed E-state index contributed by atoms with van der Waals surface area (Å²) in [5.41, 5.74) is 0. The normalized spacial score (nSPS) is 19.8. The van der Waals surface area contributed by atoms with Crippen LogP contribution in [-0.2, 0) is 13.0 Å². The lowest BCUT2D eigenvalue weighted by Gasteiger charge is -2.16. The van der Waals surface area contributed by atoms with Crippen molar-refractivity contribution in [3.63, 3.8) is 0 Å². The Morgan fingerprint density at radius 1 is 1.50 bits per heavy atom. The van der Waals surface area contributed by atoms with Crippen molar-refractivity contribution in [2.75, 3.05) is 0 Å². The zero-order chi connectivity index (χ0) is 11.1. The van der Waals surface area contributed by atoms with Crippen LogP contribution in [0.1, 0.15) is 12.2 Å². The molecule has 0 saturated carbocycles. The van der Waals surface area contributed by atoms with Gasteiger partial charge in [0, 0.05) is 13.0 Å². The first kappa shape index (κ1) is 9.86. The summed E-state index contributed by atoms with van der Waals surface area (Å²) < 4.78 is 7.04. The Hall–Kier alpha value is -1.33. The van der Waals surface area contributed by atoms with Crippen molar-refractivity contribution in [1.82, 2.24) is 14.8 Å². The van der Waals surface area contributed by atoms with Gasteiger partial charge in [0.15, 0.2) is 11.0 Å². The summed E-state index contributed by atoms with van der Waals surface area (Å²) in [6, 6.07) is 3.39. The molecule has 0 spiro atoms. The monoisotopic (exact) mass is 239 g/mol. The molecule has 6 heteroatoms. The van der Waals surface area contributed by atoms with E-state index >= 15 is 0 Å². The molecule has 0 aliphatic carbocycles. The highest BCUT2D eigenvalue weighted by Gasteiger charge is 2.21. The van der Waals surface area contributed by atoms with Gasteiger partial charge in [-0.2, -0.15) is 0 Å². The molecule has 5 nitrogen and oxygen atoms in total. The second-order valence-corrected chi connectivity index (χ2v) is 4.20. The van der Waals surface area contributed by atoms with Crippen LogP contribution in [0.5, 0.6) is 0 Å². The first-order chi connectivity index (χ1) is 7.72. The lowest BCUT2D eigenvalue weighted by molar-refractivity contribution is 0.138. The molecule has 1 unspecified atom stereocenters. The third kappa shape index (κ3) is 1.62. The molecule has 1 atom stereocenters. The summed E-state index contributed by atoms with van der Waals surface area (Å²) in [7, 11) is 0. The van der Waals surface area contributed by atoms with E-state index in [0.29, 0.717) is 36.2 Å². The SMILES string of the molecule is OC1CCn2nc(-c3ccc(Cl)o3)nc2C1. The van der Waals surface area contributed by atoms with E-state index in [0.717, 1.165) is 5.82 Å². The van der Waals surface area contributed by atoms with Crippen molar-refractivity contribution >= 4 is 11.6 Å². The Morgan fingerprint density at radius 2 is 2.38 bits per heavy atom. The minimum Gasteiger partial charge on any atom is -0.441 e. The lowest BCUT2D eigenvalue weighted by atomic mass is 10.1. The second kappa shape index (κ2) is 3.61. The van der Waals surface area contributed by atoms with Gasteiger partial charge >= 0.3 is 0 Å². The summed E-state index contributed by atoms with van der Waals surface area (Å²) in [5, 5.41) is 14.1. The Balaban J connectivity index is 1.98. The molecule has 3 rings (SSSR count). The van der Waals surface area contributed by atoms with E-state index in [-0.39, 0.29) is 6.10 Å². The fourth-order valence-corrected chi connectivity index (χ4v) is 1.97. The smallest absolute Gasteiger partial charge is 0.217 e. The first-order valence-corrected chi connectivity index (χ1v) is 5.47. The molecule has 16 heavy (non-hydrogen) atoms. The molecule has 84 valence electrons. The summed E-state index contributed by atoms with van der Waals surface area (Å²) >= 11 is 5.69. The number of aromatic nitrogens is 3. The second-order valence-electron chi connectivity index (χ2n) is 3.83. The Kier molecular flexibility index (Phi) is 2.22. The quantitative estimate of drug-likeness (QED) is 0.819. The van der Waals surface area contributed by atoms with Gasteiger partial charge in [-0.1, -0.05) is 0 Å². The van der Waals surface area contributed by atoms with Gasteiger partial charge in [0.1, 0.15) is 5.82 Å². The third-order valence-electron chi connectivity index (χ3n) is 2.63. The average molecular weight is 240 g/mol. The maximum atomic E-state index is 9.51. The summed E-state index contributed by atoms with van der Waals surface area (Å²) in [5.74, 6) is 1.87. The van der Waals surface area contributed by atoms with Crippen molar-refractivity contribution < 1.29 is 9.52 Å². The van der Waals surface area contributed by atoms with Crippen LogP contribution in [0.2, 0.25) is 5.22 Å². The highest BCUT2D eigenvalue weighted by atomic mass is 35.5. The highest BCUT2D eigenvalue weighted by Crippen LogP contribution is 2.23. The zero-order valence-corrected chi connectivity index (χ0v) is 9.18. The van der Waals surface area contributed by atoms with E-state index in [1.54, 1.807) is 16.8 Å². The van der Waals surface area contributed by atoms with E-state index in [1.165, 1.54) is 0 Å². The molecule has 0 saturated heterocycles. The molecule has 1 aliphatic rings. The van der Waals surface area contributed by atoms with Crippen molar-refractivity contribution in [3.8, 4) is 11.6 Å². The van der Waals surface area contributed by atoms with Crippen LogP contribution in [0.4, 0.5) is 0 Å². The van der Waals surface area contributed by atoms with Crippen molar-refractivity contribution in [3.05, 3.63) is 23.2 Å². The topological polar surface area (TPSA) is 64.1 Å². The molecule has 0 amide bonds. The zero-order valence-electron chi connectivity index (χ0n) is 8.43.